The van der Waals surface area contributed by atoms with Crippen molar-refractivity contribution in [1.82, 2.24) is 9.55 Å². The second-order valence-electron chi connectivity index (χ2n) is 7.51. The van der Waals surface area contributed by atoms with Crippen LogP contribution in [0.25, 0.3) is 23.2 Å². The fourth-order valence-corrected chi connectivity index (χ4v) is 4.13. The molecule has 0 saturated heterocycles. The maximum Gasteiger partial charge on any atom is 0.133 e. The van der Waals surface area contributed by atoms with Crippen LogP contribution in [0, 0.1) is 5.92 Å². The van der Waals surface area contributed by atoms with Gasteiger partial charge in [-0.2, -0.15) is 0 Å². The van der Waals surface area contributed by atoms with Crippen LogP contribution in [0.1, 0.15) is 49.9 Å². The lowest BCUT2D eigenvalue weighted by Crippen LogP contribution is -2.11. The van der Waals surface area contributed by atoms with Crippen LogP contribution in [0.4, 0.5) is 0 Å². The van der Waals surface area contributed by atoms with Gasteiger partial charge in [0, 0.05) is 6.54 Å². The Morgan fingerprint density at radius 3 is 2.56 bits per heavy atom. The van der Waals surface area contributed by atoms with Crippen LogP contribution in [-0.4, -0.2) is 16.7 Å². The predicted molar refractivity (Wildman–Crippen MR) is 113 cm³/mol. The van der Waals surface area contributed by atoms with Crippen molar-refractivity contribution in [3.63, 3.8) is 0 Å². The molecule has 3 nitrogen and oxygen atoms in total. The average Bonchev–Trinajstić information content (AvgIpc) is 3.09. The smallest absolute Gasteiger partial charge is 0.133 e. The van der Waals surface area contributed by atoms with Crippen molar-refractivity contribution in [2.75, 3.05) is 7.11 Å². The van der Waals surface area contributed by atoms with Crippen molar-refractivity contribution in [3.05, 3.63) is 59.9 Å². The number of imidazole rings is 1. The summed E-state index contributed by atoms with van der Waals surface area (Å²) < 4.78 is 7.63. The van der Waals surface area contributed by atoms with Gasteiger partial charge in [0.15, 0.2) is 0 Å². The Labute approximate surface area is 161 Å². The molecule has 0 spiro atoms. The minimum atomic E-state index is 0.873. The third kappa shape index (κ3) is 4.24. The zero-order chi connectivity index (χ0) is 18.5. The number of para-hydroxylation sites is 2. The monoisotopic (exact) mass is 360 g/mol. The topological polar surface area (TPSA) is 27.1 Å². The van der Waals surface area contributed by atoms with Crippen molar-refractivity contribution in [2.24, 2.45) is 5.92 Å². The molecule has 0 amide bonds. The molecular formula is C24H28N2O. The fourth-order valence-electron chi connectivity index (χ4n) is 4.13. The van der Waals surface area contributed by atoms with E-state index in [1.807, 2.05) is 12.1 Å². The van der Waals surface area contributed by atoms with E-state index in [0.717, 1.165) is 35.1 Å². The van der Waals surface area contributed by atoms with E-state index >= 15 is 0 Å². The maximum atomic E-state index is 5.24. The van der Waals surface area contributed by atoms with E-state index in [2.05, 4.69) is 53.1 Å². The Bertz CT molecular complexity index is 902. The molecule has 1 heterocycles. The number of rotatable bonds is 6. The molecule has 1 aliphatic rings. The van der Waals surface area contributed by atoms with Gasteiger partial charge in [0.2, 0.25) is 0 Å². The van der Waals surface area contributed by atoms with Gasteiger partial charge in [0.25, 0.3) is 0 Å². The number of nitrogens with zero attached hydrogens (tertiary/aromatic N) is 2. The summed E-state index contributed by atoms with van der Waals surface area (Å²) >= 11 is 0. The largest absolute Gasteiger partial charge is 0.497 e. The molecule has 3 aromatic rings. The lowest BCUT2D eigenvalue weighted by molar-refractivity contribution is 0.325. The highest BCUT2D eigenvalue weighted by Gasteiger charge is 2.15. The minimum absolute atomic E-state index is 0.873. The molecule has 27 heavy (non-hydrogen) atoms. The van der Waals surface area contributed by atoms with Crippen molar-refractivity contribution in [3.8, 4) is 5.75 Å². The second-order valence-corrected chi connectivity index (χ2v) is 7.51. The van der Waals surface area contributed by atoms with Gasteiger partial charge < -0.3 is 9.30 Å². The Hall–Kier alpha value is -2.55. The summed E-state index contributed by atoms with van der Waals surface area (Å²) in [5.74, 6) is 2.80. The highest BCUT2D eigenvalue weighted by molar-refractivity contribution is 5.79. The van der Waals surface area contributed by atoms with Crippen LogP contribution in [0.3, 0.4) is 0 Å². The fraction of sp³-hybridized carbons (Fsp3) is 0.375. The van der Waals surface area contributed by atoms with E-state index in [0.29, 0.717) is 0 Å². The summed E-state index contributed by atoms with van der Waals surface area (Å²) in [7, 11) is 1.69. The van der Waals surface area contributed by atoms with Crippen LogP contribution in [0.5, 0.6) is 5.75 Å². The van der Waals surface area contributed by atoms with Gasteiger partial charge in [-0.15, -0.1) is 0 Å². The lowest BCUT2D eigenvalue weighted by Gasteiger charge is -2.22. The number of fused-ring (bicyclic) bond motifs is 1. The maximum absolute atomic E-state index is 5.24. The van der Waals surface area contributed by atoms with Gasteiger partial charge in [-0.25, -0.2) is 4.98 Å². The molecule has 0 atom stereocenters. The molecule has 1 saturated carbocycles. The van der Waals surface area contributed by atoms with Crippen molar-refractivity contribution >= 4 is 23.2 Å². The molecule has 0 radical (unpaired) electrons. The zero-order valence-electron chi connectivity index (χ0n) is 16.1. The van der Waals surface area contributed by atoms with Crippen molar-refractivity contribution in [2.45, 2.75) is 45.1 Å². The van der Waals surface area contributed by atoms with E-state index in [4.69, 9.17) is 9.72 Å². The number of hydrogen-bond donors (Lipinski definition) is 0. The number of benzene rings is 2. The molecule has 4 rings (SSSR count). The van der Waals surface area contributed by atoms with Gasteiger partial charge >= 0.3 is 0 Å². The molecule has 0 unspecified atom stereocenters. The number of aryl methyl sites for hydroxylation is 1. The summed E-state index contributed by atoms with van der Waals surface area (Å²) in [6.45, 7) is 1.05. The summed E-state index contributed by atoms with van der Waals surface area (Å²) in [4.78, 5) is 4.88. The van der Waals surface area contributed by atoms with Crippen LogP contribution in [-0.2, 0) is 6.54 Å². The molecule has 1 aromatic heterocycles. The highest BCUT2D eigenvalue weighted by atomic mass is 16.5. The lowest BCUT2D eigenvalue weighted by atomic mass is 9.87. The Balaban J connectivity index is 1.57. The molecule has 1 fully saturated rings. The van der Waals surface area contributed by atoms with Crippen molar-refractivity contribution < 1.29 is 4.74 Å². The minimum Gasteiger partial charge on any atom is -0.497 e. The first-order valence-corrected chi connectivity index (χ1v) is 10.1. The molecule has 2 aromatic carbocycles. The summed E-state index contributed by atoms with van der Waals surface area (Å²) in [5.41, 5.74) is 3.47. The van der Waals surface area contributed by atoms with E-state index in [1.165, 1.54) is 44.0 Å². The normalized spacial score (nSPS) is 15.6. The number of methoxy groups -OCH3 is 1. The van der Waals surface area contributed by atoms with Crippen molar-refractivity contribution in [1.29, 1.82) is 0 Å². The third-order valence-corrected chi connectivity index (χ3v) is 5.71. The standard InChI is InChI=1S/C24H28N2O/c1-27-21-14-11-20(12-15-21)13-16-24-25-22-9-5-6-10-23(22)26(24)18-17-19-7-3-2-4-8-19/h5-6,9-16,19H,2-4,7-8,17-18H2,1H3. The molecule has 0 N–H and O–H groups in total. The highest BCUT2D eigenvalue weighted by Crippen LogP contribution is 2.28. The van der Waals surface area contributed by atoms with Gasteiger partial charge in [0.05, 0.1) is 18.1 Å². The van der Waals surface area contributed by atoms with E-state index in [9.17, 15) is 0 Å². The Morgan fingerprint density at radius 1 is 1.00 bits per heavy atom. The first kappa shape index (κ1) is 17.8. The van der Waals surface area contributed by atoms with E-state index in [1.54, 1.807) is 7.11 Å². The summed E-state index contributed by atoms with van der Waals surface area (Å²) in [5, 5.41) is 0. The predicted octanol–water partition coefficient (Wildman–Crippen LogP) is 6.19. The van der Waals surface area contributed by atoms with Gasteiger partial charge in [-0.3, -0.25) is 0 Å². The number of hydrogen-bond acceptors (Lipinski definition) is 2. The molecule has 1 aliphatic carbocycles. The Kier molecular flexibility index (Phi) is 5.57. The van der Waals surface area contributed by atoms with E-state index < -0.39 is 0 Å². The molecule has 3 heteroatoms. The average molecular weight is 361 g/mol. The zero-order valence-corrected chi connectivity index (χ0v) is 16.1. The van der Waals surface area contributed by atoms with Gasteiger partial charge in [-0.05, 0) is 48.2 Å². The second kappa shape index (κ2) is 8.43. The van der Waals surface area contributed by atoms with Crippen LogP contribution in [0.2, 0.25) is 0 Å². The Morgan fingerprint density at radius 2 is 1.78 bits per heavy atom. The molecular weight excluding hydrogens is 332 g/mol. The summed E-state index contributed by atoms with van der Waals surface area (Å²) in [6, 6.07) is 16.6. The molecule has 140 valence electrons. The third-order valence-electron chi connectivity index (χ3n) is 5.71. The van der Waals surface area contributed by atoms with Gasteiger partial charge in [0.1, 0.15) is 11.6 Å². The van der Waals surface area contributed by atoms with Crippen LogP contribution < -0.4 is 4.74 Å². The molecule has 0 aliphatic heterocycles. The van der Waals surface area contributed by atoms with Crippen LogP contribution >= 0.6 is 0 Å². The summed E-state index contributed by atoms with van der Waals surface area (Å²) in [6.07, 6.45) is 12.5. The van der Waals surface area contributed by atoms with E-state index in [-0.39, 0.29) is 0 Å². The number of aromatic nitrogens is 2. The van der Waals surface area contributed by atoms with Crippen LogP contribution in [0.15, 0.2) is 48.5 Å². The number of ether oxygens (including phenoxy) is 1. The first-order chi connectivity index (χ1) is 13.3. The SMILES string of the molecule is COc1ccc(C=Cc2nc3ccccc3n2CCC2CCCCC2)cc1. The quantitative estimate of drug-likeness (QED) is 0.524. The first-order valence-electron chi connectivity index (χ1n) is 10.1. The van der Waals surface area contributed by atoms with Gasteiger partial charge in [-0.1, -0.05) is 62.4 Å². The molecule has 0 bridgehead atoms.